The summed E-state index contributed by atoms with van der Waals surface area (Å²) in [7, 11) is 0. The van der Waals surface area contributed by atoms with Gasteiger partial charge in [0.25, 0.3) is 0 Å². The van der Waals surface area contributed by atoms with Crippen LogP contribution in [0.1, 0.15) is 50.2 Å². The minimum atomic E-state index is 0.996. The van der Waals surface area contributed by atoms with E-state index in [1.54, 1.807) is 0 Å². The average molecular weight is 243 g/mol. The van der Waals surface area contributed by atoms with E-state index in [-0.39, 0.29) is 0 Å². The van der Waals surface area contributed by atoms with Crippen LogP contribution in [0.3, 0.4) is 0 Å². The van der Waals surface area contributed by atoms with Crippen LogP contribution in [0.2, 0.25) is 0 Å². The normalized spacial score (nSPS) is 10.5. The Hall–Kier alpha value is -1.50. The lowest BCUT2D eigenvalue weighted by Gasteiger charge is -2.04. The molecule has 0 unspecified atom stereocenters. The fraction of sp³-hybridized carbons (Fsp3) is 0.412. The topological polar surface area (TPSA) is 4.93 Å². The molecule has 0 aliphatic rings. The lowest BCUT2D eigenvalue weighted by molar-refractivity contribution is 0.557. The van der Waals surface area contributed by atoms with Gasteiger partial charge in [0.1, 0.15) is 0 Å². The van der Waals surface area contributed by atoms with Crippen LogP contribution in [0, 0.1) is 0 Å². The van der Waals surface area contributed by atoms with E-state index in [1.165, 1.54) is 32.1 Å². The highest BCUT2D eigenvalue weighted by Crippen LogP contribution is 2.06. The first kappa shape index (κ1) is 14.6. The van der Waals surface area contributed by atoms with E-state index in [2.05, 4.69) is 37.8 Å². The van der Waals surface area contributed by atoms with Gasteiger partial charge in [0.05, 0.1) is 0 Å². The van der Waals surface area contributed by atoms with E-state index in [1.807, 2.05) is 12.2 Å². The van der Waals surface area contributed by atoms with Crippen molar-refractivity contribution >= 4 is 25.3 Å². The third-order valence-corrected chi connectivity index (χ3v) is 3.46. The highest BCUT2D eigenvalue weighted by atomic mass is 15.0. The third kappa shape index (κ3) is 3.04. The van der Waals surface area contributed by atoms with Crippen molar-refractivity contribution in [1.82, 2.24) is 4.57 Å². The van der Waals surface area contributed by atoms with Crippen LogP contribution >= 0.6 is 0 Å². The molecule has 1 heteroatoms. The SMILES string of the molecule is C=Cc1c(C=C)c(=C)n(CCCCCCC)c1=C. The molecule has 0 atom stereocenters. The van der Waals surface area contributed by atoms with Crippen molar-refractivity contribution in [3.8, 4) is 0 Å². The van der Waals surface area contributed by atoms with E-state index in [0.29, 0.717) is 0 Å². The first-order chi connectivity index (χ1) is 8.67. The summed E-state index contributed by atoms with van der Waals surface area (Å²) in [6, 6.07) is 0. The summed E-state index contributed by atoms with van der Waals surface area (Å²) in [5, 5.41) is 2.03. The Morgan fingerprint density at radius 3 is 1.83 bits per heavy atom. The molecule has 0 fully saturated rings. The maximum absolute atomic E-state index is 4.14. The molecular weight excluding hydrogens is 218 g/mol. The second kappa shape index (κ2) is 7.05. The highest BCUT2D eigenvalue weighted by Gasteiger charge is 2.06. The first-order valence-corrected chi connectivity index (χ1v) is 6.82. The molecule has 0 N–H and O–H groups in total. The Morgan fingerprint density at radius 2 is 1.39 bits per heavy atom. The van der Waals surface area contributed by atoms with Crippen molar-refractivity contribution in [2.45, 2.75) is 45.6 Å². The van der Waals surface area contributed by atoms with E-state index >= 15 is 0 Å². The lowest BCUT2D eigenvalue weighted by atomic mass is 10.1. The molecule has 18 heavy (non-hydrogen) atoms. The van der Waals surface area contributed by atoms with Crippen molar-refractivity contribution in [2.75, 3.05) is 0 Å². The van der Waals surface area contributed by atoms with E-state index < -0.39 is 0 Å². The molecule has 0 aliphatic carbocycles. The Morgan fingerprint density at radius 1 is 0.889 bits per heavy atom. The summed E-state index contributed by atoms with van der Waals surface area (Å²) in [5.41, 5.74) is 2.15. The van der Waals surface area contributed by atoms with Gasteiger partial charge in [-0.15, -0.1) is 0 Å². The fourth-order valence-electron chi connectivity index (χ4n) is 2.36. The van der Waals surface area contributed by atoms with Crippen LogP contribution < -0.4 is 10.7 Å². The summed E-state index contributed by atoms with van der Waals surface area (Å²) in [6.07, 6.45) is 10.1. The zero-order valence-corrected chi connectivity index (χ0v) is 11.7. The number of rotatable bonds is 8. The van der Waals surface area contributed by atoms with Crippen molar-refractivity contribution in [3.63, 3.8) is 0 Å². The molecule has 1 aromatic rings. The quantitative estimate of drug-likeness (QED) is 0.615. The van der Waals surface area contributed by atoms with Crippen LogP contribution in [0.15, 0.2) is 13.2 Å². The Labute approximate surface area is 111 Å². The van der Waals surface area contributed by atoms with Gasteiger partial charge in [-0.25, -0.2) is 0 Å². The van der Waals surface area contributed by atoms with E-state index in [0.717, 1.165) is 28.4 Å². The minimum absolute atomic E-state index is 0.996. The lowest BCUT2D eigenvalue weighted by Crippen LogP contribution is -2.26. The monoisotopic (exact) mass is 243 g/mol. The molecule has 0 radical (unpaired) electrons. The minimum Gasteiger partial charge on any atom is -0.341 e. The molecule has 1 nitrogen and oxygen atoms in total. The molecule has 1 rings (SSSR count). The third-order valence-electron chi connectivity index (χ3n) is 3.46. The number of hydrogen-bond acceptors (Lipinski definition) is 0. The molecule has 0 aliphatic heterocycles. The molecule has 1 heterocycles. The molecule has 98 valence electrons. The number of hydrogen-bond donors (Lipinski definition) is 0. The molecule has 0 bridgehead atoms. The van der Waals surface area contributed by atoms with Crippen LogP contribution in [0.4, 0.5) is 0 Å². The summed E-state index contributed by atoms with van der Waals surface area (Å²) >= 11 is 0. The van der Waals surface area contributed by atoms with Crippen molar-refractivity contribution < 1.29 is 0 Å². The predicted molar refractivity (Wildman–Crippen MR) is 83.7 cm³/mol. The van der Waals surface area contributed by atoms with Gasteiger partial charge in [-0.3, -0.25) is 0 Å². The highest BCUT2D eigenvalue weighted by molar-refractivity contribution is 5.64. The van der Waals surface area contributed by atoms with Gasteiger partial charge in [0.15, 0.2) is 0 Å². The number of unbranched alkanes of at least 4 members (excludes halogenated alkanes) is 4. The van der Waals surface area contributed by atoms with Gasteiger partial charge in [-0.1, -0.05) is 71.1 Å². The molecule has 0 spiro atoms. The Bertz CT molecular complexity index is 465. The molecular formula is C17H25N. The van der Waals surface area contributed by atoms with Crippen LogP contribution in [0.25, 0.3) is 25.3 Å². The molecule has 1 aromatic heterocycles. The van der Waals surface area contributed by atoms with Gasteiger partial charge in [0, 0.05) is 28.4 Å². The molecule has 0 amide bonds. The van der Waals surface area contributed by atoms with Gasteiger partial charge in [0.2, 0.25) is 0 Å². The van der Waals surface area contributed by atoms with Gasteiger partial charge >= 0.3 is 0 Å². The first-order valence-electron chi connectivity index (χ1n) is 6.82. The maximum atomic E-state index is 4.14. The van der Waals surface area contributed by atoms with Crippen LogP contribution in [-0.2, 0) is 6.54 Å². The Balaban J connectivity index is 2.81. The predicted octanol–water partition coefficient (Wildman–Crippen LogP) is 3.57. The summed E-state index contributed by atoms with van der Waals surface area (Å²) in [6.45, 7) is 19.2. The summed E-state index contributed by atoms with van der Waals surface area (Å²) in [4.78, 5) is 0. The van der Waals surface area contributed by atoms with Crippen LogP contribution in [-0.4, -0.2) is 4.57 Å². The summed E-state index contributed by atoms with van der Waals surface area (Å²) in [5.74, 6) is 0. The largest absolute Gasteiger partial charge is 0.341 e. The molecule has 0 saturated carbocycles. The maximum Gasteiger partial charge on any atom is 0.0417 e. The molecule has 0 aromatic carbocycles. The number of nitrogens with zero attached hydrogens (tertiary/aromatic N) is 1. The summed E-state index contributed by atoms with van der Waals surface area (Å²) < 4.78 is 2.19. The molecule has 0 saturated heterocycles. The fourth-order valence-corrected chi connectivity index (χ4v) is 2.36. The van der Waals surface area contributed by atoms with E-state index in [9.17, 15) is 0 Å². The standard InChI is InChI=1S/C17H25N/c1-6-9-10-11-12-13-18-14(4)16(7-2)17(8-3)15(18)5/h7-8H,2-6,9-13H2,1H3. The van der Waals surface area contributed by atoms with Crippen molar-refractivity contribution in [1.29, 1.82) is 0 Å². The van der Waals surface area contributed by atoms with Crippen molar-refractivity contribution in [2.24, 2.45) is 0 Å². The second-order valence-corrected chi connectivity index (χ2v) is 4.69. The number of aromatic nitrogens is 1. The van der Waals surface area contributed by atoms with E-state index in [4.69, 9.17) is 0 Å². The zero-order chi connectivity index (χ0) is 13.5. The second-order valence-electron chi connectivity index (χ2n) is 4.69. The average Bonchev–Trinajstić information content (AvgIpc) is 2.60. The van der Waals surface area contributed by atoms with Gasteiger partial charge < -0.3 is 4.57 Å². The van der Waals surface area contributed by atoms with Crippen LogP contribution in [0.5, 0.6) is 0 Å². The smallest absolute Gasteiger partial charge is 0.0417 e. The van der Waals surface area contributed by atoms with Crippen molar-refractivity contribution in [3.05, 3.63) is 35.0 Å². The zero-order valence-electron chi connectivity index (χ0n) is 11.7. The Kier molecular flexibility index (Phi) is 5.70. The van der Waals surface area contributed by atoms with Gasteiger partial charge in [-0.05, 0) is 6.42 Å². The van der Waals surface area contributed by atoms with Gasteiger partial charge in [-0.2, -0.15) is 0 Å².